The third kappa shape index (κ3) is 1.36. The molecule has 1 aromatic rings. The highest BCUT2D eigenvalue weighted by molar-refractivity contribution is 5.85. The van der Waals surface area contributed by atoms with Crippen LogP contribution >= 0.6 is 0 Å². The number of hydrogen-bond donors (Lipinski definition) is 0. The minimum Gasteiger partial charge on any atom is -0.463 e. The fraction of sp³-hybridized carbons (Fsp3) is 0.333. The summed E-state index contributed by atoms with van der Waals surface area (Å²) < 4.78 is 18.1. The SMILES string of the molecule is [C-]#[N+]C1(C(=O)OC)Cc2cccc(F)c2C1. The third-order valence-electron chi connectivity index (χ3n) is 2.95. The Morgan fingerprint density at radius 1 is 1.56 bits per heavy atom. The van der Waals surface area contributed by atoms with Crippen LogP contribution in [0.3, 0.4) is 0 Å². The molecule has 0 aromatic heterocycles. The molecule has 1 aromatic carbocycles. The van der Waals surface area contributed by atoms with E-state index in [1.165, 1.54) is 13.2 Å². The molecule has 0 saturated heterocycles. The zero-order valence-corrected chi connectivity index (χ0v) is 8.79. The lowest BCUT2D eigenvalue weighted by molar-refractivity contribution is -0.145. The highest BCUT2D eigenvalue weighted by Gasteiger charge is 2.52. The minimum absolute atomic E-state index is 0.102. The maximum atomic E-state index is 13.5. The zero-order valence-electron chi connectivity index (χ0n) is 8.79. The Balaban J connectivity index is 2.45. The Morgan fingerprint density at radius 2 is 2.31 bits per heavy atom. The molecule has 4 heteroatoms. The Labute approximate surface area is 92.7 Å². The van der Waals surface area contributed by atoms with Gasteiger partial charge < -0.3 is 4.74 Å². The fourth-order valence-corrected chi connectivity index (χ4v) is 2.10. The first-order chi connectivity index (χ1) is 7.63. The fourth-order valence-electron chi connectivity index (χ4n) is 2.10. The molecule has 0 heterocycles. The van der Waals surface area contributed by atoms with E-state index < -0.39 is 11.5 Å². The standard InChI is InChI=1S/C12H10FNO2/c1-14-12(11(15)16-2)6-8-4-3-5-10(13)9(8)7-12/h3-5H,6-7H2,2H3. The van der Waals surface area contributed by atoms with Crippen molar-refractivity contribution in [1.82, 2.24) is 0 Å². The van der Waals surface area contributed by atoms with Crippen LogP contribution in [0.4, 0.5) is 4.39 Å². The summed E-state index contributed by atoms with van der Waals surface area (Å²) in [7, 11) is 1.24. The number of hydrogen-bond acceptors (Lipinski definition) is 2. The maximum absolute atomic E-state index is 13.5. The van der Waals surface area contributed by atoms with Crippen molar-refractivity contribution >= 4 is 5.97 Å². The van der Waals surface area contributed by atoms with Gasteiger partial charge in [0.1, 0.15) is 5.82 Å². The predicted octanol–water partition coefficient (Wildman–Crippen LogP) is 1.76. The first-order valence-electron chi connectivity index (χ1n) is 4.86. The highest BCUT2D eigenvalue weighted by atomic mass is 19.1. The first kappa shape index (κ1) is 10.6. The van der Waals surface area contributed by atoms with Crippen LogP contribution in [0.15, 0.2) is 18.2 Å². The van der Waals surface area contributed by atoms with E-state index >= 15 is 0 Å². The summed E-state index contributed by atoms with van der Waals surface area (Å²) in [5.41, 5.74) is -0.0791. The summed E-state index contributed by atoms with van der Waals surface area (Å²) in [5.74, 6) is -0.940. The van der Waals surface area contributed by atoms with Gasteiger partial charge in [-0.15, -0.1) is 0 Å². The maximum Gasteiger partial charge on any atom is 0.393 e. The van der Waals surface area contributed by atoms with Crippen LogP contribution in [0, 0.1) is 12.4 Å². The smallest absolute Gasteiger partial charge is 0.393 e. The van der Waals surface area contributed by atoms with Crippen LogP contribution in [0.5, 0.6) is 0 Å². The third-order valence-corrected chi connectivity index (χ3v) is 2.95. The topological polar surface area (TPSA) is 30.7 Å². The van der Waals surface area contributed by atoms with Gasteiger partial charge in [0.05, 0.1) is 20.0 Å². The van der Waals surface area contributed by atoms with Gasteiger partial charge in [-0.25, -0.2) is 15.8 Å². The number of carbonyl (C=O) groups excluding carboxylic acids is 1. The van der Waals surface area contributed by atoms with Gasteiger partial charge in [0.2, 0.25) is 0 Å². The number of ether oxygens (including phenoxy) is 1. The molecule has 0 spiro atoms. The number of methoxy groups -OCH3 is 1. The number of esters is 1. The lowest BCUT2D eigenvalue weighted by Crippen LogP contribution is -2.37. The number of rotatable bonds is 1. The van der Waals surface area contributed by atoms with Crippen molar-refractivity contribution in [3.63, 3.8) is 0 Å². The second-order valence-electron chi connectivity index (χ2n) is 3.87. The second-order valence-corrected chi connectivity index (χ2v) is 3.87. The number of nitrogens with zero attached hydrogens (tertiary/aromatic N) is 1. The summed E-state index contributed by atoms with van der Waals surface area (Å²) in [5, 5.41) is 0. The van der Waals surface area contributed by atoms with Gasteiger partial charge in [0.15, 0.2) is 0 Å². The van der Waals surface area contributed by atoms with Crippen molar-refractivity contribution < 1.29 is 13.9 Å². The number of fused-ring (bicyclic) bond motifs is 1. The van der Waals surface area contributed by atoms with Crippen molar-refractivity contribution in [3.05, 3.63) is 46.6 Å². The Bertz CT molecular complexity index is 492. The molecule has 0 saturated carbocycles. The zero-order chi connectivity index (χ0) is 11.8. The minimum atomic E-state index is -1.26. The molecule has 3 nitrogen and oxygen atoms in total. The van der Waals surface area contributed by atoms with Gasteiger partial charge in [0.25, 0.3) is 0 Å². The normalized spacial score (nSPS) is 22.3. The molecule has 82 valence electrons. The van der Waals surface area contributed by atoms with Gasteiger partial charge in [-0.2, -0.15) is 0 Å². The Hall–Kier alpha value is -1.89. The average Bonchev–Trinajstić information content (AvgIpc) is 2.69. The van der Waals surface area contributed by atoms with Crippen molar-refractivity contribution in [2.24, 2.45) is 0 Å². The van der Waals surface area contributed by atoms with E-state index in [1.54, 1.807) is 12.1 Å². The van der Waals surface area contributed by atoms with Crippen LogP contribution < -0.4 is 0 Å². The van der Waals surface area contributed by atoms with Gasteiger partial charge in [0, 0.05) is 5.56 Å². The van der Waals surface area contributed by atoms with Crippen molar-refractivity contribution in [2.45, 2.75) is 18.4 Å². The molecule has 0 bridgehead atoms. The molecule has 0 radical (unpaired) electrons. The number of benzene rings is 1. The van der Waals surface area contributed by atoms with E-state index in [-0.39, 0.29) is 18.7 Å². The van der Waals surface area contributed by atoms with E-state index in [2.05, 4.69) is 9.58 Å². The summed E-state index contributed by atoms with van der Waals surface area (Å²) in [6.45, 7) is 7.13. The van der Waals surface area contributed by atoms with E-state index in [1.807, 2.05) is 0 Å². The Morgan fingerprint density at radius 3 is 2.88 bits per heavy atom. The van der Waals surface area contributed by atoms with E-state index in [0.29, 0.717) is 5.56 Å². The summed E-state index contributed by atoms with van der Waals surface area (Å²) >= 11 is 0. The second kappa shape index (κ2) is 3.60. The van der Waals surface area contributed by atoms with E-state index in [0.717, 1.165) is 5.56 Å². The monoisotopic (exact) mass is 219 g/mol. The lowest BCUT2D eigenvalue weighted by Gasteiger charge is -2.11. The molecule has 1 aliphatic carbocycles. The summed E-state index contributed by atoms with van der Waals surface area (Å²) in [6.07, 6.45) is 0.335. The predicted molar refractivity (Wildman–Crippen MR) is 55.2 cm³/mol. The average molecular weight is 219 g/mol. The molecule has 0 aliphatic heterocycles. The lowest BCUT2D eigenvalue weighted by atomic mass is 9.97. The van der Waals surface area contributed by atoms with E-state index in [9.17, 15) is 9.18 Å². The van der Waals surface area contributed by atoms with Crippen LogP contribution in [-0.2, 0) is 22.4 Å². The molecule has 1 atom stereocenters. The van der Waals surface area contributed by atoms with Crippen molar-refractivity contribution in [3.8, 4) is 0 Å². The Kier molecular flexibility index (Phi) is 2.39. The molecular weight excluding hydrogens is 209 g/mol. The molecule has 1 aliphatic rings. The van der Waals surface area contributed by atoms with Crippen LogP contribution in [0.1, 0.15) is 11.1 Å². The van der Waals surface area contributed by atoms with Crippen LogP contribution in [0.2, 0.25) is 0 Å². The molecule has 0 fully saturated rings. The van der Waals surface area contributed by atoms with Crippen LogP contribution in [0.25, 0.3) is 4.85 Å². The number of halogens is 1. The quantitative estimate of drug-likeness (QED) is 0.532. The first-order valence-corrected chi connectivity index (χ1v) is 4.86. The van der Waals surface area contributed by atoms with E-state index in [4.69, 9.17) is 6.57 Å². The molecule has 0 N–H and O–H groups in total. The van der Waals surface area contributed by atoms with Gasteiger partial charge >= 0.3 is 11.5 Å². The van der Waals surface area contributed by atoms with Crippen molar-refractivity contribution in [2.75, 3.05) is 7.11 Å². The summed E-state index contributed by atoms with van der Waals surface area (Å²) in [6, 6.07) is 4.68. The number of carbonyl (C=O) groups is 1. The molecule has 1 unspecified atom stereocenters. The summed E-state index contributed by atoms with van der Waals surface area (Å²) in [4.78, 5) is 14.9. The highest BCUT2D eigenvalue weighted by Crippen LogP contribution is 2.35. The van der Waals surface area contributed by atoms with Gasteiger partial charge in [-0.1, -0.05) is 12.1 Å². The van der Waals surface area contributed by atoms with Crippen LogP contribution in [-0.4, -0.2) is 18.6 Å². The molecular formula is C12H10FNO2. The molecule has 2 rings (SSSR count). The van der Waals surface area contributed by atoms with Crippen molar-refractivity contribution in [1.29, 1.82) is 0 Å². The largest absolute Gasteiger partial charge is 0.463 e. The van der Waals surface area contributed by atoms with Gasteiger partial charge in [-0.05, 0) is 11.6 Å². The molecule has 16 heavy (non-hydrogen) atoms. The van der Waals surface area contributed by atoms with Gasteiger partial charge in [-0.3, -0.25) is 4.85 Å². The molecule has 0 amide bonds.